The second kappa shape index (κ2) is 6.97. The Labute approximate surface area is 118 Å². The zero-order chi connectivity index (χ0) is 13.7. The summed E-state index contributed by atoms with van der Waals surface area (Å²) in [5, 5.41) is 3.34. The van der Waals surface area contributed by atoms with Gasteiger partial charge in [0.05, 0.1) is 16.4 Å². The van der Waals surface area contributed by atoms with Gasteiger partial charge < -0.3 is 11.1 Å². The number of carbonyl (C=O) groups excluding carboxylic acids is 1. The number of hydrogen-bond donors (Lipinski definition) is 2. The molecule has 1 aromatic rings. The van der Waals surface area contributed by atoms with Crippen LogP contribution in [0.2, 0.25) is 10.0 Å². The Bertz CT molecular complexity index is 457. The van der Waals surface area contributed by atoms with E-state index in [4.69, 9.17) is 28.9 Å². The van der Waals surface area contributed by atoms with E-state index >= 15 is 0 Å². The normalized spacial score (nSPS) is 12.2. The fraction of sp³-hybridized carbons (Fsp3) is 0.364. The second-order valence-corrected chi connectivity index (χ2v) is 6.18. The van der Waals surface area contributed by atoms with E-state index in [1.54, 1.807) is 6.26 Å². The zero-order valence-electron chi connectivity index (χ0n) is 9.83. The molecule has 7 heteroatoms. The van der Waals surface area contributed by atoms with Gasteiger partial charge in [-0.15, -0.1) is 0 Å². The average molecular weight is 309 g/mol. The van der Waals surface area contributed by atoms with Crippen LogP contribution in [-0.4, -0.2) is 22.1 Å². The molecule has 0 aliphatic heterocycles. The van der Waals surface area contributed by atoms with E-state index in [-0.39, 0.29) is 12.3 Å². The van der Waals surface area contributed by atoms with Crippen molar-refractivity contribution in [3.63, 3.8) is 0 Å². The third-order valence-electron chi connectivity index (χ3n) is 2.19. The molecule has 100 valence electrons. The molecule has 1 rings (SSSR count). The first kappa shape index (κ1) is 15.3. The fourth-order valence-corrected chi connectivity index (χ4v) is 2.47. The summed E-state index contributed by atoms with van der Waals surface area (Å²) < 4.78 is 10.9. The van der Waals surface area contributed by atoms with E-state index in [2.05, 4.69) is 5.32 Å². The van der Waals surface area contributed by atoms with Gasteiger partial charge in [-0.05, 0) is 18.6 Å². The average Bonchev–Trinajstić information content (AvgIpc) is 2.22. The van der Waals surface area contributed by atoms with Crippen molar-refractivity contribution >= 4 is 51.3 Å². The van der Waals surface area contributed by atoms with Gasteiger partial charge in [-0.25, -0.2) is 0 Å². The van der Waals surface area contributed by atoms with Gasteiger partial charge in [-0.3, -0.25) is 9.00 Å². The van der Waals surface area contributed by atoms with Crippen molar-refractivity contribution in [3.8, 4) is 0 Å². The number of anilines is 2. The van der Waals surface area contributed by atoms with E-state index < -0.39 is 10.8 Å². The molecule has 0 aliphatic carbocycles. The van der Waals surface area contributed by atoms with Crippen LogP contribution >= 0.6 is 23.2 Å². The van der Waals surface area contributed by atoms with E-state index in [0.29, 0.717) is 33.6 Å². The summed E-state index contributed by atoms with van der Waals surface area (Å²) in [5.41, 5.74) is 6.40. The second-order valence-electron chi connectivity index (χ2n) is 3.78. The standard InChI is InChI=1S/C11H14Cl2N2O2S/c1-18(17)4-2-3-10(16)15-11-8(13)5-7(12)6-9(11)14/h5-6H,2-4,14H2,1H3,(H,15,16). The molecule has 4 nitrogen and oxygen atoms in total. The van der Waals surface area contributed by atoms with Gasteiger partial charge in [0.1, 0.15) is 0 Å². The Morgan fingerprint density at radius 1 is 1.44 bits per heavy atom. The maximum atomic E-state index is 11.6. The molecule has 1 unspecified atom stereocenters. The number of nitrogens with two attached hydrogens (primary N) is 1. The molecule has 0 aliphatic rings. The van der Waals surface area contributed by atoms with Gasteiger partial charge in [0.15, 0.2) is 0 Å². The molecule has 1 amide bonds. The number of nitrogen functional groups attached to an aromatic ring is 1. The lowest BCUT2D eigenvalue weighted by Crippen LogP contribution is -2.14. The number of nitrogens with one attached hydrogen (secondary N) is 1. The molecule has 0 bridgehead atoms. The number of rotatable bonds is 5. The SMILES string of the molecule is CS(=O)CCCC(=O)Nc1c(N)cc(Cl)cc1Cl. The molecule has 3 N–H and O–H groups in total. The zero-order valence-corrected chi connectivity index (χ0v) is 12.2. The van der Waals surface area contributed by atoms with Crippen molar-refractivity contribution < 1.29 is 9.00 Å². The lowest BCUT2D eigenvalue weighted by atomic mass is 10.2. The maximum absolute atomic E-state index is 11.6. The lowest BCUT2D eigenvalue weighted by molar-refractivity contribution is -0.116. The van der Waals surface area contributed by atoms with Crippen LogP contribution < -0.4 is 11.1 Å². The van der Waals surface area contributed by atoms with Crippen molar-refractivity contribution in [3.05, 3.63) is 22.2 Å². The van der Waals surface area contributed by atoms with Crippen molar-refractivity contribution in [2.75, 3.05) is 23.1 Å². The Hall–Kier alpha value is -0.780. The molecule has 0 saturated heterocycles. The third kappa shape index (κ3) is 4.84. The molecule has 0 saturated carbocycles. The predicted molar refractivity (Wildman–Crippen MR) is 77.7 cm³/mol. The van der Waals surface area contributed by atoms with Crippen LogP contribution in [0.5, 0.6) is 0 Å². The van der Waals surface area contributed by atoms with Crippen LogP contribution in [0.15, 0.2) is 12.1 Å². The quantitative estimate of drug-likeness (QED) is 0.821. The lowest BCUT2D eigenvalue weighted by Gasteiger charge is -2.10. The Morgan fingerprint density at radius 2 is 2.11 bits per heavy atom. The monoisotopic (exact) mass is 308 g/mol. The van der Waals surface area contributed by atoms with Gasteiger partial charge >= 0.3 is 0 Å². The Balaban J connectivity index is 2.62. The number of amides is 1. The van der Waals surface area contributed by atoms with Crippen LogP contribution in [0.1, 0.15) is 12.8 Å². The third-order valence-corrected chi connectivity index (χ3v) is 3.57. The molecule has 0 spiro atoms. The van der Waals surface area contributed by atoms with Gasteiger partial charge in [0, 0.05) is 34.3 Å². The van der Waals surface area contributed by atoms with E-state index in [1.807, 2.05) is 0 Å². The topological polar surface area (TPSA) is 72.2 Å². The predicted octanol–water partition coefficient (Wildman–Crippen LogP) is 2.67. The van der Waals surface area contributed by atoms with Gasteiger partial charge in [-0.1, -0.05) is 23.2 Å². The summed E-state index contributed by atoms with van der Waals surface area (Å²) in [6.07, 6.45) is 2.43. The number of benzene rings is 1. The summed E-state index contributed by atoms with van der Waals surface area (Å²) >= 11 is 11.7. The van der Waals surface area contributed by atoms with Crippen molar-refractivity contribution in [2.24, 2.45) is 0 Å². The molecule has 0 fully saturated rings. The summed E-state index contributed by atoms with van der Waals surface area (Å²) in [4.78, 5) is 11.6. The Kier molecular flexibility index (Phi) is 5.91. The highest BCUT2D eigenvalue weighted by Gasteiger charge is 2.10. The highest BCUT2D eigenvalue weighted by Crippen LogP contribution is 2.32. The van der Waals surface area contributed by atoms with Crippen LogP contribution in [0.4, 0.5) is 11.4 Å². The molecular formula is C11H14Cl2N2O2S. The summed E-state index contributed by atoms with van der Waals surface area (Å²) in [6.45, 7) is 0. The molecule has 0 radical (unpaired) electrons. The van der Waals surface area contributed by atoms with Gasteiger partial charge in [-0.2, -0.15) is 0 Å². The maximum Gasteiger partial charge on any atom is 0.224 e. The fourth-order valence-electron chi connectivity index (χ4n) is 1.36. The first-order valence-corrected chi connectivity index (χ1v) is 7.73. The van der Waals surface area contributed by atoms with E-state index in [1.165, 1.54) is 12.1 Å². The van der Waals surface area contributed by atoms with Crippen LogP contribution in [0, 0.1) is 0 Å². The minimum Gasteiger partial charge on any atom is -0.397 e. The molecule has 1 atom stereocenters. The molecule has 18 heavy (non-hydrogen) atoms. The first-order chi connectivity index (χ1) is 8.40. The molecule has 0 heterocycles. The van der Waals surface area contributed by atoms with E-state index in [9.17, 15) is 9.00 Å². The summed E-state index contributed by atoms with van der Waals surface area (Å²) in [7, 11) is -0.889. The number of carbonyl (C=O) groups is 1. The van der Waals surface area contributed by atoms with Crippen molar-refractivity contribution in [1.29, 1.82) is 0 Å². The van der Waals surface area contributed by atoms with Crippen LogP contribution in [0.25, 0.3) is 0 Å². The molecule has 0 aromatic heterocycles. The highest BCUT2D eigenvalue weighted by molar-refractivity contribution is 7.84. The number of halogens is 2. The van der Waals surface area contributed by atoms with Crippen molar-refractivity contribution in [1.82, 2.24) is 0 Å². The van der Waals surface area contributed by atoms with Crippen LogP contribution in [-0.2, 0) is 15.6 Å². The first-order valence-electron chi connectivity index (χ1n) is 5.24. The minimum absolute atomic E-state index is 0.212. The summed E-state index contributed by atoms with van der Waals surface area (Å²) in [5.74, 6) is 0.286. The largest absolute Gasteiger partial charge is 0.397 e. The van der Waals surface area contributed by atoms with Crippen molar-refractivity contribution in [2.45, 2.75) is 12.8 Å². The highest BCUT2D eigenvalue weighted by atomic mass is 35.5. The van der Waals surface area contributed by atoms with Crippen LogP contribution in [0.3, 0.4) is 0 Å². The van der Waals surface area contributed by atoms with Gasteiger partial charge in [0.2, 0.25) is 5.91 Å². The summed E-state index contributed by atoms with van der Waals surface area (Å²) in [6, 6.07) is 3.03. The molecule has 1 aromatic carbocycles. The number of hydrogen-bond acceptors (Lipinski definition) is 3. The Morgan fingerprint density at radius 3 is 2.67 bits per heavy atom. The van der Waals surface area contributed by atoms with Gasteiger partial charge in [0.25, 0.3) is 0 Å². The molecular weight excluding hydrogens is 295 g/mol. The van der Waals surface area contributed by atoms with E-state index in [0.717, 1.165) is 0 Å². The smallest absolute Gasteiger partial charge is 0.224 e. The minimum atomic E-state index is -0.889.